The Hall–Kier alpha value is -1.03. The molecule has 2 nitrogen and oxygen atoms in total. The Balaban J connectivity index is 1.87. The number of benzene rings is 1. The van der Waals surface area contributed by atoms with Crippen molar-refractivity contribution in [3.63, 3.8) is 0 Å². The Morgan fingerprint density at radius 2 is 2.22 bits per heavy atom. The van der Waals surface area contributed by atoms with Crippen LogP contribution >= 0.6 is 22.9 Å². The summed E-state index contributed by atoms with van der Waals surface area (Å²) >= 11 is 7.69. The molecule has 0 spiro atoms. The molecule has 0 aliphatic rings. The molecule has 0 aliphatic carbocycles. The summed E-state index contributed by atoms with van der Waals surface area (Å²) in [5, 5.41) is 6.07. The molecule has 1 atom stereocenters. The highest BCUT2D eigenvalue weighted by atomic mass is 35.5. The monoisotopic (exact) mass is 281 g/mol. The molecular weight excluding hydrogens is 266 g/mol. The predicted molar refractivity (Wildman–Crippen MR) is 77.8 cm³/mol. The molecule has 4 heteroatoms. The number of likely N-dealkylation sites (N-methyl/N-ethyl adjacent to an activating group) is 1. The molecule has 0 fully saturated rings. The fraction of sp³-hybridized carbons (Fsp3) is 0.286. The summed E-state index contributed by atoms with van der Waals surface area (Å²) in [7, 11) is 1.96. The van der Waals surface area contributed by atoms with E-state index in [0.717, 1.165) is 12.2 Å². The number of nitrogens with one attached hydrogen (secondary N) is 1. The lowest BCUT2D eigenvalue weighted by molar-refractivity contribution is 0.270. The van der Waals surface area contributed by atoms with Crippen LogP contribution in [0.25, 0.3) is 0 Å². The molecule has 1 unspecified atom stereocenters. The lowest BCUT2D eigenvalue weighted by Crippen LogP contribution is -2.33. The van der Waals surface area contributed by atoms with Crippen LogP contribution < -0.4 is 10.1 Å². The summed E-state index contributed by atoms with van der Waals surface area (Å²) in [6.45, 7) is 0.634. The smallest absolute Gasteiger partial charge is 0.120 e. The fourth-order valence-electron chi connectivity index (χ4n) is 1.67. The number of ether oxygens (including phenoxy) is 1. The molecule has 0 bridgehead atoms. The quantitative estimate of drug-likeness (QED) is 0.873. The molecule has 0 amide bonds. The first kappa shape index (κ1) is 13.4. The third kappa shape index (κ3) is 4.02. The minimum Gasteiger partial charge on any atom is -0.492 e. The Morgan fingerprint density at radius 3 is 2.89 bits per heavy atom. The van der Waals surface area contributed by atoms with Gasteiger partial charge in [0.05, 0.1) is 0 Å². The summed E-state index contributed by atoms with van der Waals surface area (Å²) < 4.78 is 5.75. The van der Waals surface area contributed by atoms with E-state index in [0.29, 0.717) is 17.7 Å². The van der Waals surface area contributed by atoms with Gasteiger partial charge in [0.2, 0.25) is 0 Å². The molecule has 1 heterocycles. The molecule has 96 valence electrons. The van der Waals surface area contributed by atoms with Crippen LogP contribution in [0.4, 0.5) is 0 Å². The zero-order valence-electron chi connectivity index (χ0n) is 10.2. The van der Waals surface area contributed by atoms with Gasteiger partial charge in [0, 0.05) is 22.4 Å². The first-order chi connectivity index (χ1) is 8.78. The molecule has 1 aromatic carbocycles. The summed E-state index contributed by atoms with van der Waals surface area (Å²) in [5.41, 5.74) is 0. The number of halogens is 1. The Kier molecular flexibility index (Phi) is 5.05. The normalized spacial score (nSPS) is 12.3. The van der Waals surface area contributed by atoms with Gasteiger partial charge in [0.25, 0.3) is 0 Å². The molecule has 0 saturated heterocycles. The Bertz CT molecular complexity index is 472. The predicted octanol–water partition coefficient (Wildman–Crippen LogP) is 3.61. The van der Waals surface area contributed by atoms with Crippen molar-refractivity contribution in [3.05, 3.63) is 51.7 Å². The zero-order chi connectivity index (χ0) is 12.8. The van der Waals surface area contributed by atoms with E-state index >= 15 is 0 Å². The van der Waals surface area contributed by atoms with Crippen molar-refractivity contribution in [2.45, 2.75) is 12.5 Å². The van der Waals surface area contributed by atoms with Gasteiger partial charge in [-0.2, -0.15) is 0 Å². The largest absolute Gasteiger partial charge is 0.492 e. The maximum absolute atomic E-state index is 5.92. The highest BCUT2D eigenvalue weighted by Crippen LogP contribution is 2.18. The van der Waals surface area contributed by atoms with Gasteiger partial charge in [0.1, 0.15) is 12.4 Å². The lowest BCUT2D eigenvalue weighted by Gasteiger charge is -2.16. The van der Waals surface area contributed by atoms with Gasteiger partial charge in [-0.25, -0.2) is 0 Å². The van der Waals surface area contributed by atoms with E-state index in [1.807, 2.05) is 31.3 Å². The van der Waals surface area contributed by atoms with Gasteiger partial charge in [-0.05, 0) is 36.7 Å². The van der Waals surface area contributed by atoms with Crippen molar-refractivity contribution in [2.75, 3.05) is 13.7 Å². The highest BCUT2D eigenvalue weighted by molar-refractivity contribution is 7.09. The minimum absolute atomic E-state index is 0.308. The number of hydrogen-bond acceptors (Lipinski definition) is 3. The minimum atomic E-state index is 0.308. The van der Waals surface area contributed by atoms with Crippen LogP contribution in [-0.2, 0) is 6.42 Å². The van der Waals surface area contributed by atoms with Crippen LogP contribution in [0.2, 0.25) is 5.02 Å². The summed E-state index contributed by atoms with van der Waals surface area (Å²) in [4.78, 5) is 1.36. The third-order valence-corrected chi connectivity index (χ3v) is 3.82. The Labute approximate surface area is 117 Å². The van der Waals surface area contributed by atoms with Gasteiger partial charge in [0.15, 0.2) is 0 Å². The maximum Gasteiger partial charge on any atom is 0.120 e. The van der Waals surface area contributed by atoms with Gasteiger partial charge in [-0.15, -0.1) is 11.3 Å². The fourth-order valence-corrected chi connectivity index (χ4v) is 2.64. The number of rotatable bonds is 6. The van der Waals surface area contributed by atoms with Gasteiger partial charge in [-0.1, -0.05) is 23.7 Å². The van der Waals surface area contributed by atoms with Gasteiger partial charge >= 0.3 is 0 Å². The molecule has 18 heavy (non-hydrogen) atoms. The van der Waals surface area contributed by atoms with Crippen molar-refractivity contribution in [1.29, 1.82) is 0 Å². The van der Waals surface area contributed by atoms with E-state index in [9.17, 15) is 0 Å². The maximum atomic E-state index is 5.92. The van der Waals surface area contributed by atoms with Crippen molar-refractivity contribution in [2.24, 2.45) is 0 Å². The van der Waals surface area contributed by atoms with E-state index in [1.54, 1.807) is 11.3 Å². The molecule has 0 aliphatic heterocycles. The summed E-state index contributed by atoms with van der Waals surface area (Å²) in [6, 6.07) is 12.0. The van der Waals surface area contributed by atoms with E-state index in [2.05, 4.69) is 22.8 Å². The van der Waals surface area contributed by atoms with Crippen LogP contribution in [0.5, 0.6) is 5.75 Å². The molecule has 2 rings (SSSR count). The van der Waals surface area contributed by atoms with E-state index in [-0.39, 0.29) is 0 Å². The van der Waals surface area contributed by atoms with Gasteiger partial charge < -0.3 is 10.1 Å². The van der Waals surface area contributed by atoms with E-state index < -0.39 is 0 Å². The van der Waals surface area contributed by atoms with Crippen molar-refractivity contribution >= 4 is 22.9 Å². The SMILES string of the molecule is CNC(COc1cccc(Cl)c1)Cc1cccs1. The first-order valence-electron chi connectivity index (χ1n) is 5.86. The van der Waals surface area contributed by atoms with E-state index in [4.69, 9.17) is 16.3 Å². The number of hydrogen-bond donors (Lipinski definition) is 1. The zero-order valence-corrected chi connectivity index (χ0v) is 11.8. The molecule has 1 N–H and O–H groups in total. The highest BCUT2D eigenvalue weighted by Gasteiger charge is 2.09. The summed E-state index contributed by atoms with van der Waals surface area (Å²) in [6.07, 6.45) is 0.981. The molecule has 0 saturated carbocycles. The Morgan fingerprint density at radius 1 is 1.33 bits per heavy atom. The average molecular weight is 282 g/mol. The van der Waals surface area contributed by atoms with Crippen LogP contribution in [-0.4, -0.2) is 19.7 Å². The standard InChI is InChI=1S/C14H16ClNOS/c1-16-12(9-14-6-3-7-18-14)10-17-13-5-2-4-11(15)8-13/h2-8,12,16H,9-10H2,1H3. The average Bonchev–Trinajstić information content (AvgIpc) is 2.87. The van der Waals surface area contributed by atoms with E-state index in [1.165, 1.54) is 4.88 Å². The molecule has 2 aromatic rings. The second-order valence-corrected chi connectivity index (χ2v) is 5.51. The topological polar surface area (TPSA) is 21.3 Å². The summed E-state index contributed by atoms with van der Waals surface area (Å²) in [5.74, 6) is 0.814. The van der Waals surface area contributed by atoms with Crippen LogP contribution in [0.3, 0.4) is 0 Å². The second-order valence-electron chi connectivity index (χ2n) is 4.04. The first-order valence-corrected chi connectivity index (χ1v) is 7.11. The van der Waals surface area contributed by atoms with Crippen molar-refractivity contribution in [1.82, 2.24) is 5.32 Å². The van der Waals surface area contributed by atoms with Crippen LogP contribution in [0.15, 0.2) is 41.8 Å². The number of thiophene rings is 1. The molecule has 1 aromatic heterocycles. The van der Waals surface area contributed by atoms with Crippen molar-refractivity contribution in [3.8, 4) is 5.75 Å². The van der Waals surface area contributed by atoms with Crippen molar-refractivity contribution < 1.29 is 4.74 Å². The third-order valence-electron chi connectivity index (χ3n) is 2.68. The second kappa shape index (κ2) is 6.78. The molecule has 0 radical (unpaired) electrons. The van der Waals surface area contributed by atoms with Gasteiger partial charge in [-0.3, -0.25) is 0 Å². The van der Waals surface area contributed by atoms with Crippen LogP contribution in [0.1, 0.15) is 4.88 Å². The lowest BCUT2D eigenvalue weighted by atomic mass is 10.2. The molecular formula is C14H16ClNOS. The van der Waals surface area contributed by atoms with Crippen LogP contribution in [0, 0.1) is 0 Å².